The average molecular weight is 213 g/mol. The number of hydrogen-bond acceptors (Lipinski definition) is 2. The molecule has 0 radical (unpaired) electrons. The van der Waals surface area contributed by atoms with Crippen molar-refractivity contribution in [3.05, 3.63) is 53.3 Å². The molecule has 0 saturated carbocycles. The molecule has 3 heteroatoms. The zero-order valence-electron chi connectivity index (χ0n) is 9.35. The molecule has 2 heterocycles. The minimum atomic E-state index is 0.428. The Bertz CT molecular complexity index is 501. The molecule has 3 nitrogen and oxygen atoms in total. The maximum Gasteiger partial charge on any atom is 0.0492 e. The first-order valence-electron chi connectivity index (χ1n) is 5.62. The molecule has 0 amide bonds. The Morgan fingerprint density at radius 2 is 2.19 bits per heavy atom. The maximum atomic E-state index is 4.25. The highest BCUT2D eigenvalue weighted by atomic mass is 15.3. The minimum Gasteiger partial charge on any atom is -0.312 e. The van der Waals surface area contributed by atoms with E-state index >= 15 is 0 Å². The smallest absolute Gasteiger partial charge is 0.0492 e. The van der Waals surface area contributed by atoms with Gasteiger partial charge in [0, 0.05) is 37.9 Å². The van der Waals surface area contributed by atoms with Crippen LogP contribution in [0.25, 0.3) is 0 Å². The van der Waals surface area contributed by atoms with E-state index in [0.717, 1.165) is 13.1 Å². The van der Waals surface area contributed by atoms with Crippen LogP contribution in [0.5, 0.6) is 0 Å². The lowest BCUT2D eigenvalue weighted by atomic mass is 9.88. The molecule has 0 saturated heterocycles. The summed E-state index contributed by atoms with van der Waals surface area (Å²) in [5.41, 5.74) is 4.12. The molecule has 3 rings (SSSR count). The Morgan fingerprint density at radius 1 is 1.31 bits per heavy atom. The quantitative estimate of drug-likeness (QED) is 0.780. The van der Waals surface area contributed by atoms with Crippen LogP contribution < -0.4 is 5.32 Å². The van der Waals surface area contributed by atoms with Crippen LogP contribution in [0.2, 0.25) is 0 Å². The first kappa shape index (κ1) is 9.60. The molecule has 1 atom stereocenters. The zero-order valence-corrected chi connectivity index (χ0v) is 9.35. The fourth-order valence-electron chi connectivity index (χ4n) is 2.49. The molecule has 16 heavy (non-hydrogen) atoms. The SMILES string of the molecule is Cn1nccc1[C@@H]1CNCc2ccccc21. The number of aromatic nitrogens is 2. The third-order valence-electron chi connectivity index (χ3n) is 3.31. The van der Waals surface area contributed by atoms with E-state index in [-0.39, 0.29) is 0 Å². The van der Waals surface area contributed by atoms with E-state index < -0.39 is 0 Å². The highest BCUT2D eigenvalue weighted by Gasteiger charge is 2.22. The summed E-state index contributed by atoms with van der Waals surface area (Å²) in [6, 6.07) is 10.8. The van der Waals surface area contributed by atoms with E-state index in [2.05, 4.69) is 40.7 Å². The number of aryl methyl sites for hydroxylation is 1. The Morgan fingerprint density at radius 3 is 3.00 bits per heavy atom. The van der Waals surface area contributed by atoms with Crippen LogP contribution in [-0.2, 0) is 13.6 Å². The third-order valence-corrected chi connectivity index (χ3v) is 3.31. The summed E-state index contributed by atoms with van der Waals surface area (Å²) in [5.74, 6) is 0.428. The van der Waals surface area contributed by atoms with Gasteiger partial charge in [-0.3, -0.25) is 4.68 Å². The van der Waals surface area contributed by atoms with Gasteiger partial charge in [0.1, 0.15) is 0 Å². The number of hydrogen-bond donors (Lipinski definition) is 1. The highest BCUT2D eigenvalue weighted by Crippen LogP contribution is 2.29. The summed E-state index contributed by atoms with van der Waals surface area (Å²) in [7, 11) is 2.01. The van der Waals surface area contributed by atoms with Crippen molar-refractivity contribution in [3.8, 4) is 0 Å². The van der Waals surface area contributed by atoms with Gasteiger partial charge in [-0.05, 0) is 17.2 Å². The first-order valence-corrected chi connectivity index (χ1v) is 5.62. The van der Waals surface area contributed by atoms with Crippen LogP contribution >= 0.6 is 0 Å². The van der Waals surface area contributed by atoms with Crippen molar-refractivity contribution < 1.29 is 0 Å². The van der Waals surface area contributed by atoms with Crippen LogP contribution in [0, 0.1) is 0 Å². The van der Waals surface area contributed by atoms with Crippen LogP contribution in [0.1, 0.15) is 22.7 Å². The van der Waals surface area contributed by atoms with Gasteiger partial charge in [-0.2, -0.15) is 5.10 Å². The van der Waals surface area contributed by atoms with Crippen LogP contribution in [0.15, 0.2) is 36.5 Å². The molecule has 0 bridgehead atoms. The van der Waals surface area contributed by atoms with Gasteiger partial charge < -0.3 is 5.32 Å². The molecule has 0 spiro atoms. The molecule has 0 unspecified atom stereocenters. The molecule has 1 aliphatic rings. The molecule has 0 fully saturated rings. The van der Waals surface area contributed by atoms with Gasteiger partial charge in [0.25, 0.3) is 0 Å². The minimum absolute atomic E-state index is 0.428. The van der Waals surface area contributed by atoms with Gasteiger partial charge in [-0.25, -0.2) is 0 Å². The second-order valence-corrected chi connectivity index (χ2v) is 4.26. The molecule has 82 valence electrons. The van der Waals surface area contributed by atoms with Crippen molar-refractivity contribution in [1.29, 1.82) is 0 Å². The Kier molecular flexibility index (Phi) is 2.26. The number of nitrogens with one attached hydrogen (secondary N) is 1. The third kappa shape index (κ3) is 1.44. The van der Waals surface area contributed by atoms with Crippen molar-refractivity contribution in [2.24, 2.45) is 7.05 Å². The number of nitrogens with zero attached hydrogens (tertiary/aromatic N) is 2. The molecule has 1 aromatic carbocycles. The van der Waals surface area contributed by atoms with Crippen molar-refractivity contribution in [2.75, 3.05) is 6.54 Å². The lowest BCUT2D eigenvalue weighted by molar-refractivity contribution is 0.557. The lowest BCUT2D eigenvalue weighted by Crippen LogP contribution is -2.29. The van der Waals surface area contributed by atoms with Crippen molar-refractivity contribution >= 4 is 0 Å². The van der Waals surface area contributed by atoms with Gasteiger partial charge in [0.05, 0.1) is 0 Å². The molecule has 1 N–H and O–H groups in total. The van der Waals surface area contributed by atoms with E-state index in [9.17, 15) is 0 Å². The number of fused-ring (bicyclic) bond motifs is 1. The number of benzene rings is 1. The summed E-state index contributed by atoms with van der Waals surface area (Å²) >= 11 is 0. The topological polar surface area (TPSA) is 29.9 Å². The predicted octanol–water partition coefficient (Wildman–Crippen LogP) is 1.66. The van der Waals surface area contributed by atoms with Crippen molar-refractivity contribution in [3.63, 3.8) is 0 Å². The monoisotopic (exact) mass is 213 g/mol. The van der Waals surface area contributed by atoms with Crippen molar-refractivity contribution in [1.82, 2.24) is 15.1 Å². The largest absolute Gasteiger partial charge is 0.312 e. The summed E-state index contributed by atoms with van der Waals surface area (Å²) in [4.78, 5) is 0. The van der Waals surface area contributed by atoms with Gasteiger partial charge >= 0.3 is 0 Å². The van der Waals surface area contributed by atoms with E-state index in [1.807, 2.05) is 17.9 Å². The fraction of sp³-hybridized carbons (Fsp3) is 0.308. The van der Waals surface area contributed by atoms with Gasteiger partial charge in [-0.1, -0.05) is 24.3 Å². The Balaban J connectivity index is 2.08. The molecular formula is C13H15N3. The maximum absolute atomic E-state index is 4.25. The lowest BCUT2D eigenvalue weighted by Gasteiger charge is -2.26. The van der Waals surface area contributed by atoms with Crippen molar-refractivity contribution in [2.45, 2.75) is 12.5 Å². The second kappa shape index (κ2) is 3.76. The van der Waals surface area contributed by atoms with Crippen LogP contribution in [0.4, 0.5) is 0 Å². The van der Waals surface area contributed by atoms with Gasteiger partial charge in [-0.15, -0.1) is 0 Å². The summed E-state index contributed by atoms with van der Waals surface area (Å²) in [5, 5.41) is 7.72. The van der Waals surface area contributed by atoms with Gasteiger partial charge in [0.15, 0.2) is 0 Å². The van der Waals surface area contributed by atoms with E-state index in [4.69, 9.17) is 0 Å². The van der Waals surface area contributed by atoms with Crippen LogP contribution in [-0.4, -0.2) is 16.3 Å². The fourth-order valence-corrected chi connectivity index (χ4v) is 2.49. The highest BCUT2D eigenvalue weighted by molar-refractivity contribution is 5.37. The summed E-state index contributed by atoms with van der Waals surface area (Å²) in [6.45, 7) is 1.97. The summed E-state index contributed by atoms with van der Waals surface area (Å²) in [6.07, 6.45) is 1.87. The Hall–Kier alpha value is -1.61. The predicted molar refractivity (Wildman–Crippen MR) is 63.2 cm³/mol. The summed E-state index contributed by atoms with van der Waals surface area (Å²) < 4.78 is 1.97. The van der Waals surface area contributed by atoms with Crippen LogP contribution in [0.3, 0.4) is 0 Å². The molecule has 0 aliphatic carbocycles. The molecule has 2 aromatic rings. The Labute approximate surface area is 95.1 Å². The van der Waals surface area contributed by atoms with E-state index in [1.54, 1.807) is 0 Å². The standard InChI is InChI=1S/C13H15N3/c1-16-13(6-7-15-16)12-9-14-8-10-4-2-3-5-11(10)12/h2-7,12,14H,8-9H2,1H3/t12-/m1/s1. The van der Waals surface area contributed by atoms with Gasteiger partial charge in [0.2, 0.25) is 0 Å². The molecule has 1 aromatic heterocycles. The van der Waals surface area contributed by atoms with E-state index in [1.165, 1.54) is 16.8 Å². The number of rotatable bonds is 1. The average Bonchev–Trinajstić information content (AvgIpc) is 2.75. The molecular weight excluding hydrogens is 198 g/mol. The first-order chi connectivity index (χ1) is 7.86. The second-order valence-electron chi connectivity index (χ2n) is 4.26. The zero-order chi connectivity index (χ0) is 11.0. The normalized spacial score (nSPS) is 19.4. The molecule has 1 aliphatic heterocycles. The van der Waals surface area contributed by atoms with E-state index in [0.29, 0.717) is 5.92 Å².